The Morgan fingerprint density at radius 2 is 1.81 bits per heavy atom. The number of nitrogens with zero attached hydrogens (tertiary/aromatic N) is 2. The second-order valence-corrected chi connectivity index (χ2v) is 6.66. The van der Waals surface area contributed by atoms with Crippen molar-refractivity contribution in [2.75, 3.05) is 12.3 Å². The number of benzene rings is 2. The topological polar surface area (TPSA) is 44.1 Å². The molecular formula is C20H25ClFN3O. The third kappa shape index (κ3) is 4.47. The summed E-state index contributed by atoms with van der Waals surface area (Å²) in [5.74, 6) is 1.72. The highest BCUT2D eigenvalue weighted by Gasteiger charge is 2.20. The molecule has 0 amide bonds. The van der Waals surface area contributed by atoms with E-state index in [0.717, 1.165) is 36.5 Å². The van der Waals surface area contributed by atoms with Crippen molar-refractivity contribution in [1.82, 2.24) is 4.57 Å². The summed E-state index contributed by atoms with van der Waals surface area (Å²) in [6.45, 7) is 6.61. The van der Waals surface area contributed by atoms with Crippen LogP contribution in [0, 0.1) is 11.7 Å². The Hall–Kier alpha value is -2.27. The summed E-state index contributed by atoms with van der Waals surface area (Å²) in [6, 6.07) is 14.4. The number of rotatable bonds is 7. The number of fused-ring (bicyclic) bond motifs is 1. The summed E-state index contributed by atoms with van der Waals surface area (Å²) >= 11 is 0. The Labute approximate surface area is 159 Å². The smallest absolute Gasteiger partial charge is 0.356 e. The van der Waals surface area contributed by atoms with Crippen LogP contribution in [0.1, 0.15) is 20.3 Å². The third-order valence-corrected chi connectivity index (χ3v) is 4.17. The quantitative estimate of drug-likeness (QED) is 0.488. The summed E-state index contributed by atoms with van der Waals surface area (Å²) in [5, 5.41) is 0. The van der Waals surface area contributed by atoms with E-state index < -0.39 is 0 Å². The molecule has 140 valence electrons. The van der Waals surface area contributed by atoms with Crippen LogP contribution in [0.5, 0.6) is 5.75 Å². The van der Waals surface area contributed by atoms with Crippen molar-refractivity contribution >= 4 is 17.0 Å². The molecule has 26 heavy (non-hydrogen) atoms. The van der Waals surface area contributed by atoms with Crippen molar-refractivity contribution in [3.05, 3.63) is 54.3 Å². The Morgan fingerprint density at radius 3 is 2.50 bits per heavy atom. The first-order valence-electron chi connectivity index (χ1n) is 8.71. The molecule has 2 N–H and O–H groups in total. The standard InChI is InChI=1S/C20H24FN3O.ClH/c1-15(2)14-24-19-7-4-3-6-18(19)23(20(24)22)12-5-13-25-17-10-8-16(21)9-11-17;/h3-4,6-11,15,22H,5,12-14H2,1-2H3;1H. The monoisotopic (exact) mass is 377 g/mol. The lowest BCUT2D eigenvalue weighted by Crippen LogP contribution is -3.00. The molecule has 3 rings (SSSR count). The lowest BCUT2D eigenvalue weighted by Gasteiger charge is -2.06. The highest BCUT2D eigenvalue weighted by atomic mass is 35.5. The van der Waals surface area contributed by atoms with Crippen LogP contribution in [0.3, 0.4) is 0 Å². The minimum Gasteiger partial charge on any atom is -1.00 e. The third-order valence-electron chi connectivity index (χ3n) is 4.17. The van der Waals surface area contributed by atoms with E-state index in [2.05, 4.69) is 35.1 Å². The maximum atomic E-state index is 12.9. The van der Waals surface area contributed by atoms with Gasteiger partial charge < -0.3 is 17.1 Å². The number of para-hydroxylation sites is 2. The summed E-state index contributed by atoms with van der Waals surface area (Å²) in [5.41, 5.74) is 8.72. The molecule has 0 aliphatic carbocycles. The van der Waals surface area contributed by atoms with Gasteiger partial charge in [-0.2, -0.15) is 0 Å². The van der Waals surface area contributed by atoms with Gasteiger partial charge in [0.1, 0.15) is 22.6 Å². The molecule has 0 unspecified atom stereocenters. The lowest BCUT2D eigenvalue weighted by molar-refractivity contribution is -0.663. The van der Waals surface area contributed by atoms with Crippen LogP contribution >= 0.6 is 0 Å². The number of hydrogen-bond donors (Lipinski definition) is 1. The van der Waals surface area contributed by atoms with Gasteiger partial charge in [0.05, 0.1) is 19.7 Å². The predicted octanol–water partition coefficient (Wildman–Crippen LogP) is 0.779. The minimum atomic E-state index is -0.256. The van der Waals surface area contributed by atoms with Crippen LogP contribution in [0.2, 0.25) is 0 Å². The summed E-state index contributed by atoms with van der Waals surface area (Å²) in [6.07, 6.45) is 0.821. The Kier molecular flexibility index (Phi) is 6.86. The van der Waals surface area contributed by atoms with E-state index in [-0.39, 0.29) is 18.2 Å². The average molecular weight is 378 g/mol. The van der Waals surface area contributed by atoms with E-state index in [9.17, 15) is 4.39 Å². The normalized spacial score (nSPS) is 10.9. The molecule has 4 nitrogen and oxygen atoms in total. The van der Waals surface area contributed by atoms with Crippen molar-refractivity contribution in [2.24, 2.45) is 5.92 Å². The average Bonchev–Trinajstić information content (AvgIpc) is 2.85. The second kappa shape index (κ2) is 8.90. The maximum Gasteiger partial charge on any atom is 0.356 e. The van der Waals surface area contributed by atoms with Crippen LogP contribution in [0.25, 0.3) is 11.0 Å². The first-order valence-corrected chi connectivity index (χ1v) is 8.71. The SMILES string of the molecule is CC(C)C[n+]1c(N)n(CCCOc2ccc(F)cc2)c2ccccc21.[Cl-]. The van der Waals surface area contributed by atoms with E-state index in [4.69, 9.17) is 10.5 Å². The molecule has 1 aromatic heterocycles. The molecular weight excluding hydrogens is 353 g/mol. The van der Waals surface area contributed by atoms with E-state index in [1.54, 1.807) is 12.1 Å². The fourth-order valence-electron chi connectivity index (χ4n) is 3.05. The molecule has 2 aromatic carbocycles. The highest BCUT2D eigenvalue weighted by molar-refractivity contribution is 5.73. The highest BCUT2D eigenvalue weighted by Crippen LogP contribution is 2.18. The fourth-order valence-corrected chi connectivity index (χ4v) is 3.05. The van der Waals surface area contributed by atoms with E-state index >= 15 is 0 Å². The van der Waals surface area contributed by atoms with E-state index in [1.807, 2.05) is 12.1 Å². The molecule has 1 heterocycles. The predicted molar refractivity (Wildman–Crippen MR) is 97.9 cm³/mol. The largest absolute Gasteiger partial charge is 1.00 e. The lowest BCUT2D eigenvalue weighted by atomic mass is 10.2. The number of nitrogen functional groups attached to an aromatic ring is 1. The van der Waals surface area contributed by atoms with Crippen LogP contribution in [0.4, 0.5) is 10.3 Å². The van der Waals surface area contributed by atoms with Crippen molar-refractivity contribution in [1.29, 1.82) is 0 Å². The van der Waals surface area contributed by atoms with Crippen LogP contribution < -0.4 is 27.4 Å². The molecule has 0 spiro atoms. The van der Waals surface area contributed by atoms with Gasteiger partial charge in [0.15, 0.2) is 0 Å². The van der Waals surface area contributed by atoms with Gasteiger partial charge in [0, 0.05) is 6.42 Å². The molecule has 0 aliphatic rings. The summed E-state index contributed by atoms with van der Waals surface area (Å²) in [4.78, 5) is 0. The molecule has 0 radical (unpaired) electrons. The number of aryl methyl sites for hydroxylation is 1. The van der Waals surface area contributed by atoms with Crippen molar-refractivity contribution in [3.63, 3.8) is 0 Å². The van der Waals surface area contributed by atoms with Gasteiger partial charge in [-0.05, 0) is 42.3 Å². The van der Waals surface area contributed by atoms with E-state index in [1.165, 1.54) is 12.1 Å². The number of aromatic nitrogens is 2. The minimum absolute atomic E-state index is 0. The molecule has 6 heteroatoms. The van der Waals surface area contributed by atoms with Crippen LogP contribution in [-0.4, -0.2) is 11.2 Å². The van der Waals surface area contributed by atoms with Gasteiger partial charge in [-0.3, -0.25) is 5.73 Å². The van der Waals surface area contributed by atoms with Crippen molar-refractivity contribution < 1.29 is 26.1 Å². The van der Waals surface area contributed by atoms with Gasteiger partial charge in [-0.15, -0.1) is 0 Å². The zero-order valence-corrected chi connectivity index (χ0v) is 15.9. The first-order chi connectivity index (χ1) is 12.1. The molecule has 0 saturated carbocycles. The van der Waals surface area contributed by atoms with Crippen molar-refractivity contribution in [3.8, 4) is 5.75 Å². The molecule has 0 atom stereocenters. The van der Waals surface area contributed by atoms with Gasteiger partial charge >= 0.3 is 5.95 Å². The van der Waals surface area contributed by atoms with E-state index in [0.29, 0.717) is 18.3 Å². The molecule has 0 aliphatic heterocycles. The molecule has 0 fully saturated rings. The van der Waals surface area contributed by atoms with Crippen LogP contribution in [0.15, 0.2) is 48.5 Å². The zero-order valence-electron chi connectivity index (χ0n) is 15.2. The van der Waals surface area contributed by atoms with Gasteiger partial charge in [0.2, 0.25) is 0 Å². The number of anilines is 1. The molecule has 3 aromatic rings. The zero-order chi connectivity index (χ0) is 17.8. The Bertz CT molecular complexity index is 846. The second-order valence-electron chi connectivity index (χ2n) is 6.66. The Balaban J connectivity index is 0.00000243. The Morgan fingerprint density at radius 1 is 1.12 bits per heavy atom. The van der Waals surface area contributed by atoms with Gasteiger partial charge in [0.25, 0.3) is 0 Å². The number of imidazole rings is 1. The molecule has 0 saturated heterocycles. The first kappa shape index (κ1) is 20.0. The molecule has 0 bridgehead atoms. The fraction of sp³-hybridized carbons (Fsp3) is 0.350. The number of nitrogens with two attached hydrogens (primary N) is 1. The number of hydrogen-bond acceptors (Lipinski definition) is 2. The van der Waals surface area contributed by atoms with Crippen LogP contribution in [-0.2, 0) is 13.1 Å². The van der Waals surface area contributed by atoms with Gasteiger partial charge in [-0.25, -0.2) is 13.5 Å². The number of ether oxygens (including phenoxy) is 1. The summed E-state index contributed by atoms with van der Waals surface area (Å²) < 4.78 is 22.9. The number of halogens is 2. The van der Waals surface area contributed by atoms with Gasteiger partial charge in [-0.1, -0.05) is 26.0 Å². The van der Waals surface area contributed by atoms with Crippen molar-refractivity contribution in [2.45, 2.75) is 33.4 Å². The summed E-state index contributed by atoms with van der Waals surface area (Å²) in [7, 11) is 0. The maximum absolute atomic E-state index is 12.9.